The molecule has 0 saturated heterocycles. The highest BCUT2D eigenvalue weighted by Gasteiger charge is 2.08. The van der Waals surface area contributed by atoms with E-state index in [0.29, 0.717) is 6.04 Å². The van der Waals surface area contributed by atoms with Crippen molar-refractivity contribution in [2.75, 3.05) is 20.1 Å². The lowest BCUT2D eigenvalue weighted by atomic mass is 10.1. The van der Waals surface area contributed by atoms with Gasteiger partial charge in [0.2, 0.25) is 0 Å². The maximum absolute atomic E-state index is 4.27. The summed E-state index contributed by atoms with van der Waals surface area (Å²) in [6.45, 7) is 12.8. The molecule has 0 rings (SSSR count). The zero-order valence-electron chi connectivity index (χ0n) is 14.9. The molecular weight excluding hydrogens is 375 g/mol. The predicted octanol–water partition coefficient (Wildman–Crippen LogP) is 3.52. The fourth-order valence-corrected chi connectivity index (χ4v) is 2.00. The van der Waals surface area contributed by atoms with E-state index in [0.717, 1.165) is 19.0 Å². The standard InChI is InChI=1S/C16H36N4.HI/c1-7-8-9-10-11-14(2)20-15(17-6)18-12-13-19-16(3,4)5;/h14,19H,7-13H2,1-6H3,(H2,17,18,20);1H. The third-order valence-corrected chi connectivity index (χ3v) is 3.17. The molecule has 4 nitrogen and oxygen atoms in total. The Morgan fingerprint density at radius 1 is 1.10 bits per heavy atom. The van der Waals surface area contributed by atoms with Crippen molar-refractivity contribution in [1.29, 1.82) is 0 Å². The van der Waals surface area contributed by atoms with Crippen molar-refractivity contribution in [3.8, 4) is 0 Å². The number of nitrogens with zero attached hydrogens (tertiary/aromatic N) is 1. The second-order valence-electron chi connectivity index (χ2n) is 6.57. The molecule has 1 unspecified atom stereocenters. The second kappa shape index (κ2) is 13.6. The normalized spacial score (nSPS) is 13.5. The van der Waals surface area contributed by atoms with E-state index in [2.05, 4.69) is 55.6 Å². The van der Waals surface area contributed by atoms with Crippen molar-refractivity contribution in [3.05, 3.63) is 0 Å². The van der Waals surface area contributed by atoms with Gasteiger partial charge in [0.1, 0.15) is 0 Å². The van der Waals surface area contributed by atoms with Gasteiger partial charge in [0.15, 0.2) is 5.96 Å². The van der Waals surface area contributed by atoms with Crippen molar-refractivity contribution >= 4 is 29.9 Å². The molecule has 0 bridgehead atoms. The van der Waals surface area contributed by atoms with Crippen molar-refractivity contribution in [2.45, 2.75) is 78.3 Å². The van der Waals surface area contributed by atoms with E-state index in [9.17, 15) is 0 Å². The summed E-state index contributed by atoms with van der Waals surface area (Å²) in [5, 5.41) is 10.3. The molecule has 0 aromatic heterocycles. The summed E-state index contributed by atoms with van der Waals surface area (Å²) in [4.78, 5) is 4.27. The van der Waals surface area contributed by atoms with Gasteiger partial charge in [0.05, 0.1) is 0 Å². The number of guanidine groups is 1. The van der Waals surface area contributed by atoms with E-state index >= 15 is 0 Å². The third kappa shape index (κ3) is 16.2. The van der Waals surface area contributed by atoms with Crippen LogP contribution in [0.1, 0.15) is 66.7 Å². The van der Waals surface area contributed by atoms with Crippen LogP contribution in [0.2, 0.25) is 0 Å². The molecule has 0 aliphatic rings. The SMILES string of the molecule is CCCCCCC(C)NC(=NC)NCCNC(C)(C)C.I. The van der Waals surface area contributed by atoms with Crippen LogP contribution >= 0.6 is 24.0 Å². The molecule has 0 aliphatic heterocycles. The molecule has 3 N–H and O–H groups in total. The lowest BCUT2D eigenvalue weighted by Crippen LogP contribution is -2.46. The number of nitrogens with one attached hydrogen (secondary N) is 3. The van der Waals surface area contributed by atoms with Gasteiger partial charge in [-0.05, 0) is 34.1 Å². The summed E-state index contributed by atoms with van der Waals surface area (Å²) in [5.41, 5.74) is 0.172. The van der Waals surface area contributed by atoms with Crippen LogP contribution in [0.5, 0.6) is 0 Å². The molecule has 1 atom stereocenters. The van der Waals surface area contributed by atoms with Crippen molar-refractivity contribution in [1.82, 2.24) is 16.0 Å². The maximum Gasteiger partial charge on any atom is 0.191 e. The summed E-state index contributed by atoms with van der Waals surface area (Å²) in [6.07, 6.45) is 6.49. The highest BCUT2D eigenvalue weighted by molar-refractivity contribution is 14.0. The molecule has 0 spiro atoms. The summed E-state index contributed by atoms with van der Waals surface area (Å²) >= 11 is 0. The van der Waals surface area contributed by atoms with E-state index in [-0.39, 0.29) is 29.5 Å². The Labute approximate surface area is 149 Å². The minimum Gasteiger partial charge on any atom is -0.355 e. The van der Waals surface area contributed by atoms with Crippen molar-refractivity contribution in [2.24, 2.45) is 4.99 Å². The predicted molar refractivity (Wildman–Crippen MR) is 106 cm³/mol. The quantitative estimate of drug-likeness (QED) is 0.235. The van der Waals surface area contributed by atoms with E-state index in [1.54, 1.807) is 0 Å². The van der Waals surface area contributed by atoms with Crippen LogP contribution in [0.3, 0.4) is 0 Å². The molecule has 0 amide bonds. The molecule has 0 aromatic carbocycles. The van der Waals surface area contributed by atoms with Crippen LogP contribution in [0.25, 0.3) is 0 Å². The zero-order chi connectivity index (χ0) is 15.4. The first-order valence-electron chi connectivity index (χ1n) is 8.11. The molecule has 128 valence electrons. The monoisotopic (exact) mass is 412 g/mol. The van der Waals surface area contributed by atoms with Gasteiger partial charge in [-0.15, -0.1) is 24.0 Å². The van der Waals surface area contributed by atoms with Crippen LogP contribution in [-0.2, 0) is 0 Å². The molecule has 21 heavy (non-hydrogen) atoms. The lowest BCUT2D eigenvalue weighted by Gasteiger charge is -2.22. The molecule has 0 saturated carbocycles. The van der Waals surface area contributed by atoms with E-state index in [1.807, 2.05) is 7.05 Å². The number of unbranched alkanes of at least 4 members (excludes halogenated alkanes) is 3. The highest BCUT2D eigenvalue weighted by Crippen LogP contribution is 2.05. The second-order valence-corrected chi connectivity index (χ2v) is 6.57. The van der Waals surface area contributed by atoms with Crippen LogP contribution in [-0.4, -0.2) is 37.7 Å². The first-order chi connectivity index (χ1) is 9.39. The van der Waals surface area contributed by atoms with Crippen LogP contribution in [0.4, 0.5) is 0 Å². The summed E-state index contributed by atoms with van der Waals surface area (Å²) in [7, 11) is 1.83. The van der Waals surface area contributed by atoms with Gasteiger partial charge in [-0.2, -0.15) is 0 Å². The number of halogens is 1. The first-order valence-corrected chi connectivity index (χ1v) is 8.11. The summed E-state index contributed by atoms with van der Waals surface area (Å²) in [6, 6.07) is 0.480. The Morgan fingerprint density at radius 3 is 2.29 bits per heavy atom. The fourth-order valence-electron chi connectivity index (χ4n) is 2.00. The van der Waals surface area contributed by atoms with Gasteiger partial charge in [0.25, 0.3) is 0 Å². The molecular formula is C16H37IN4. The smallest absolute Gasteiger partial charge is 0.191 e. The minimum absolute atomic E-state index is 0. The molecule has 0 aliphatic carbocycles. The summed E-state index contributed by atoms with van der Waals surface area (Å²) in [5.74, 6) is 0.906. The number of hydrogen-bond acceptors (Lipinski definition) is 2. The third-order valence-electron chi connectivity index (χ3n) is 3.17. The molecule has 0 radical (unpaired) electrons. The highest BCUT2D eigenvalue weighted by atomic mass is 127. The Kier molecular flexibility index (Phi) is 15.1. The molecule has 0 heterocycles. The molecule has 5 heteroatoms. The van der Waals surface area contributed by atoms with E-state index < -0.39 is 0 Å². The average molecular weight is 412 g/mol. The van der Waals surface area contributed by atoms with Crippen LogP contribution < -0.4 is 16.0 Å². The van der Waals surface area contributed by atoms with Crippen molar-refractivity contribution < 1.29 is 0 Å². The average Bonchev–Trinajstić information content (AvgIpc) is 2.37. The van der Waals surface area contributed by atoms with Crippen LogP contribution in [0, 0.1) is 0 Å². The lowest BCUT2D eigenvalue weighted by molar-refractivity contribution is 0.427. The Bertz CT molecular complexity index is 261. The Morgan fingerprint density at radius 2 is 1.76 bits per heavy atom. The number of rotatable bonds is 9. The first kappa shape index (κ1) is 23.2. The van der Waals surface area contributed by atoms with Gasteiger partial charge < -0.3 is 16.0 Å². The zero-order valence-corrected chi connectivity index (χ0v) is 17.2. The molecule has 0 aromatic rings. The Hall–Kier alpha value is -0.0400. The molecule has 0 fully saturated rings. The van der Waals surface area contributed by atoms with Crippen molar-refractivity contribution in [3.63, 3.8) is 0 Å². The largest absolute Gasteiger partial charge is 0.355 e. The van der Waals surface area contributed by atoms with Gasteiger partial charge in [-0.25, -0.2) is 0 Å². The van der Waals surface area contributed by atoms with Gasteiger partial charge >= 0.3 is 0 Å². The topological polar surface area (TPSA) is 48.5 Å². The minimum atomic E-state index is 0. The fraction of sp³-hybridized carbons (Fsp3) is 0.938. The van der Waals surface area contributed by atoms with E-state index in [4.69, 9.17) is 0 Å². The van der Waals surface area contributed by atoms with Gasteiger partial charge in [0, 0.05) is 31.7 Å². The Balaban J connectivity index is 0. The maximum atomic E-state index is 4.27. The van der Waals surface area contributed by atoms with Gasteiger partial charge in [-0.1, -0.05) is 32.6 Å². The van der Waals surface area contributed by atoms with Gasteiger partial charge in [-0.3, -0.25) is 4.99 Å². The number of aliphatic imine (C=N–C) groups is 1. The van der Waals surface area contributed by atoms with Crippen LogP contribution in [0.15, 0.2) is 4.99 Å². The summed E-state index contributed by atoms with van der Waals surface area (Å²) < 4.78 is 0. The van der Waals surface area contributed by atoms with E-state index in [1.165, 1.54) is 32.1 Å². The number of hydrogen-bond donors (Lipinski definition) is 3.